The summed E-state index contributed by atoms with van der Waals surface area (Å²) in [4.78, 5) is 19.8. The van der Waals surface area contributed by atoms with E-state index < -0.39 is 0 Å². The van der Waals surface area contributed by atoms with Gasteiger partial charge in [-0.25, -0.2) is 0 Å². The topological polar surface area (TPSA) is 48.1 Å². The summed E-state index contributed by atoms with van der Waals surface area (Å²) in [5, 5.41) is 3.11. The Bertz CT molecular complexity index is 664. The van der Waals surface area contributed by atoms with Crippen molar-refractivity contribution in [3.63, 3.8) is 0 Å². The average Bonchev–Trinajstić information content (AvgIpc) is 2.69. The third-order valence-corrected chi connectivity index (χ3v) is 6.11. The first-order valence-electron chi connectivity index (χ1n) is 11.4. The van der Waals surface area contributed by atoms with E-state index in [-0.39, 0.29) is 17.6 Å². The molecule has 0 radical (unpaired) electrons. The van der Waals surface area contributed by atoms with E-state index in [2.05, 4.69) is 78.0 Å². The Hall–Kier alpha value is -1.47. The average molecular weight is 417 g/mol. The predicted molar refractivity (Wildman–Crippen MR) is 121 cm³/mol. The van der Waals surface area contributed by atoms with Crippen LogP contribution in [0, 0.1) is 5.92 Å². The van der Waals surface area contributed by atoms with Gasteiger partial charge < -0.3 is 10.1 Å². The van der Waals surface area contributed by atoms with Crippen molar-refractivity contribution in [1.29, 1.82) is 0 Å². The fourth-order valence-corrected chi connectivity index (χ4v) is 4.60. The fraction of sp³-hybridized carbons (Fsp3) is 0.708. The molecule has 1 atom stereocenters. The first-order valence-corrected chi connectivity index (χ1v) is 11.4. The second-order valence-corrected chi connectivity index (χ2v) is 9.88. The Labute approximate surface area is 182 Å². The number of rotatable bonds is 8. The van der Waals surface area contributed by atoms with Crippen LogP contribution in [0.1, 0.15) is 33.3 Å². The number of carbonyl (C=O) groups is 1. The van der Waals surface area contributed by atoms with Gasteiger partial charge in [-0.2, -0.15) is 0 Å². The lowest BCUT2D eigenvalue weighted by Crippen LogP contribution is -2.60. The lowest BCUT2D eigenvalue weighted by atomic mass is 9.97. The number of morpholine rings is 1. The molecule has 0 aliphatic carbocycles. The minimum atomic E-state index is 0.0399. The van der Waals surface area contributed by atoms with Gasteiger partial charge in [-0.15, -0.1) is 0 Å². The SMILES string of the molecule is CC(C)CN1CCOC(CNC(=O)CN2CCN(Cc3ccccc3)C(C)(C)C2)C1. The van der Waals surface area contributed by atoms with Crippen LogP contribution in [0.4, 0.5) is 0 Å². The molecule has 3 rings (SSSR count). The van der Waals surface area contributed by atoms with Crippen LogP contribution in [0.15, 0.2) is 30.3 Å². The molecule has 0 aromatic heterocycles. The van der Waals surface area contributed by atoms with E-state index in [0.29, 0.717) is 19.0 Å². The first kappa shape index (κ1) is 23.2. The smallest absolute Gasteiger partial charge is 0.234 e. The van der Waals surface area contributed by atoms with Gasteiger partial charge >= 0.3 is 0 Å². The van der Waals surface area contributed by atoms with Crippen molar-refractivity contribution in [2.75, 3.05) is 59.0 Å². The van der Waals surface area contributed by atoms with Crippen LogP contribution in [-0.2, 0) is 16.1 Å². The summed E-state index contributed by atoms with van der Waals surface area (Å²) in [6, 6.07) is 10.6. The van der Waals surface area contributed by atoms with Gasteiger partial charge in [-0.1, -0.05) is 44.2 Å². The van der Waals surface area contributed by atoms with Crippen molar-refractivity contribution >= 4 is 5.91 Å². The Morgan fingerprint density at radius 3 is 2.63 bits per heavy atom. The van der Waals surface area contributed by atoms with Crippen molar-refractivity contribution in [1.82, 2.24) is 20.0 Å². The zero-order valence-electron chi connectivity index (χ0n) is 19.3. The number of nitrogens with zero attached hydrogens (tertiary/aromatic N) is 3. The number of amides is 1. The largest absolute Gasteiger partial charge is 0.374 e. The van der Waals surface area contributed by atoms with E-state index in [4.69, 9.17) is 4.74 Å². The van der Waals surface area contributed by atoms with E-state index in [0.717, 1.165) is 52.4 Å². The molecule has 0 saturated carbocycles. The number of benzene rings is 1. The lowest BCUT2D eigenvalue weighted by Gasteiger charge is -2.47. The van der Waals surface area contributed by atoms with Crippen LogP contribution in [0.5, 0.6) is 0 Å². The van der Waals surface area contributed by atoms with E-state index in [1.54, 1.807) is 0 Å². The maximum absolute atomic E-state index is 12.6. The monoisotopic (exact) mass is 416 g/mol. The molecular formula is C24H40N4O2. The van der Waals surface area contributed by atoms with Gasteiger partial charge in [0.15, 0.2) is 0 Å². The van der Waals surface area contributed by atoms with Gasteiger partial charge in [-0.05, 0) is 25.3 Å². The van der Waals surface area contributed by atoms with E-state index >= 15 is 0 Å². The molecule has 2 fully saturated rings. The highest BCUT2D eigenvalue weighted by molar-refractivity contribution is 5.78. The van der Waals surface area contributed by atoms with Crippen LogP contribution in [0.2, 0.25) is 0 Å². The molecule has 2 aliphatic rings. The molecule has 2 aliphatic heterocycles. The first-order chi connectivity index (χ1) is 14.3. The van der Waals surface area contributed by atoms with Crippen LogP contribution >= 0.6 is 0 Å². The Morgan fingerprint density at radius 2 is 1.93 bits per heavy atom. The van der Waals surface area contributed by atoms with E-state index in [1.807, 2.05) is 0 Å². The highest BCUT2D eigenvalue weighted by atomic mass is 16.5. The van der Waals surface area contributed by atoms with Gasteiger partial charge in [0.25, 0.3) is 0 Å². The normalized spacial score (nSPS) is 23.6. The quantitative estimate of drug-likeness (QED) is 0.703. The van der Waals surface area contributed by atoms with Crippen molar-refractivity contribution < 1.29 is 9.53 Å². The highest BCUT2D eigenvalue weighted by Crippen LogP contribution is 2.23. The van der Waals surface area contributed by atoms with Gasteiger partial charge in [0.05, 0.1) is 19.3 Å². The number of hydrogen-bond donors (Lipinski definition) is 1. The number of carbonyl (C=O) groups excluding carboxylic acids is 1. The highest BCUT2D eigenvalue weighted by Gasteiger charge is 2.34. The molecule has 0 spiro atoms. The number of hydrogen-bond acceptors (Lipinski definition) is 5. The predicted octanol–water partition coefficient (Wildman–Crippen LogP) is 2.06. The Morgan fingerprint density at radius 1 is 1.17 bits per heavy atom. The molecule has 168 valence electrons. The summed E-state index contributed by atoms with van der Waals surface area (Å²) < 4.78 is 5.86. The Kier molecular flexibility index (Phi) is 8.28. The van der Waals surface area contributed by atoms with Crippen molar-refractivity contribution in [2.45, 2.75) is 45.9 Å². The molecule has 30 heavy (non-hydrogen) atoms. The molecule has 6 nitrogen and oxygen atoms in total. The molecular weight excluding hydrogens is 376 g/mol. The zero-order valence-corrected chi connectivity index (χ0v) is 19.3. The van der Waals surface area contributed by atoms with Crippen molar-refractivity contribution in [2.24, 2.45) is 5.92 Å². The van der Waals surface area contributed by atoms with Crippen LogP contribution in [-0.4, -0.2) is 91.2 Å². The fourth-order valence-electron chi connectivity index (χ4n) is 4.60. The van der Waals surface area contributed by atoms with Crippen LogP contribution < -0.4 is 5.32 Å². The standard InChI is InChI=1S/C24H40N4O2/c1-20(2)15-26-12-13-30-22(17-26)14-25-23(29)18-27-10-11-28(24(3,4)19-27)16-21-8-6-5-7-9-21/h5-9,20,22H,10-19H2,1-4H3,(H,25,29). The van der Waals surface area contributed by atoms with Gasteiger partial charge in [-0.3, -0.25) is 19.5 Å². The van der Waals surface area contributed by atoms with Gasteiger partial charge in [0.2, 0.25) is 5.91 Å². The Balaban J connectivity index is 1.41. The number of nitrogens with one attached hydrogen (secondary N) is 1. The zero-order chi connectivity index (χ0) is 21.6. The summed E-state index contributed by atoms with van der Waals surface area (Å²) in [5.41, 5.74) is 1.38. The van der Waals surface area contributed by atoms with Crippen LogP contribution in [0.3, 0.4) is 0 Å². The summed E-state index contributed by atoms with van der Waals surface area (Å²) in [7, 11) is 0. The molecule has 1 N–H and O–H groups in total. The molecule has 1 aromatic carbocycles. The molecule has 2 heterocycles. The van der Waals surface area contributed by atoms with Crippen molar-refractivity contribution in [3.8, 4) is 0 Å². The van der Waals surface area contributed by atoms with Crippen molar-refractivity contribution in [3.05, 3.63) is 35.9 Å². The summed E-state index contributed by atoms with van der Waals surface area (Å²) in [6.07, 6.45) is 0.0978. The third kappa shape index (κ3) is 7.05. The lowest BCUT2D eigenvalue weighted by molar-refractivity contribution is -0.124. The molecule has 1 unspecified atom stereocenters. The molecule has 1 amide bonds. The number of ether oxygens (including phenoxy) is 1. The minimum Gasteiger partial charge on any atom is -0.374 e. The van der Waals surface area contributed by atoms with E-state index in [1.165, 1.54) is 5.56 Å². The van der Waals surface area contributed by atoms with Crippen LogP contribution in [0.25, 0.3) is 0 Å². The maximum atomic E-state index is 12.6. The third-order valence-electron chi connectivity index (χ3n) is 6.11. The molecule has 2 saturated heterocycles. The number of piperazine rings is 1. The summed E-state index contributed by atoms with van der Waals surface area (Å²) in [6.45, 7) is 17.6. The van der Waals surface area contributed by atoms with Gasteiger partial charge in [0, 0.05) is 57.9 Å². The van der Waals surface area contributed by atoms with E-state index in [9.17, 15) is 4.79 Å². The summed E-state index contributed by atoms with van der Waals surface area (Å²) in [5.74, 6) is 0.758. The molecule has 6 heteroatoms. The maximum Gasteiger partial charge on any atom is 0.234 e. The summed E-state index contributed by atoms with van der Waals surface area (Å²) >= 11 is 0. The molecule has 1 aromatic rings. The minimum absolute atomic E-state index is 0.0399. The second-order valence-electron chi connectivity index (χ2n) is 9.88. The van der Waals surface area contributed by atoms with Gasteiger partial charge in [0.1, 0.15) is 0 Å². The second kappa shape index (κ2) is 10.7. The molecule has 0 bridgehead atoms.